The van der Waals surface area contributed by atoms with Crippen LogP contribution in [0.4, 0.5) is 0 Å². The third-order valence-electron chi connectivity index (χ3n) is 2.68. The average Bonchev–Trinajstić information content (AvgIpc) is 2.49. The summed E-state index contributed by atoms with van der Waals surface area (Å²) < 4.78 is 0. The first-order valence-electron chi connectivity index (χ1n) is 5.41. The molecule has 1 saturated heterocycles. The van der Waals surface area contributed by atoms with Crippen LogP contribution in [-0.4, -0.2) is 41.7 Å². The van der Waals surface area contributed by atoms with Crippen LogP contribution in [0.1, 0.15) is 32.1 Å². The van der Waals surface area contributed by atoms with Crippen molar-refractivity contribution in [1.29, 1.82) is 0 Å². The van der Waals surface area contributed by atoms with E-state index in [1.165, 1.54) is 0 Å². The standard InChI is InChI=1S/C10H20N2O2/c11-9-5-7-12(10(9)14)6-3-1-2-4-8-13/h9,13H,1-8,11H2. The summed E-state index contributed by atoms with van der Waals surface area (Å²) in [6, 6.07) is -0.257. The third kappa shape index (κ3) is 3.27. The van der Waals surface area contributed by atoms with Crippen LogP contribution in [-0.2, 0) is 4.79 Å². The molecule has 0 aromatic rings. The number of rotatable bonds is 6. The van der Waals surface area contributed by atoms with E-state index in [0.717, 1.165) is 45.2 Å². The second-order valence-electron chi connectivity index (χ2n) is 3.86. The van der Waals surface area contributed by atoms with E-state index in [2.05, 4.69) is 0 Å². The molecule has 0 spiro atoms. The van der Waals surface area contributed by atoms with Gasteiger partial charge in [-0.1, -0.05) is 12.8 Å². The zero-order valence-corrected chi connectivity index (χ0v) is 8.61. The Morgan fingerprint density at radius 2 is 2.07 bits per heavy atom. The van der Waals surface area contributed by atoms with Crippen LogP contribution in [0.5, 0.6) is 0 Å². The number of carbonyl (C=O) groups excluding carboxylic acids is 1. The summed E-state index contributed by atoms with van der Waals surface area (Å²) in [4.78, 5) is 13.2. The summed E-state index contributed by atoms with van der Waals surface area (Å²) in [5.41, 5.74) is 5.60. The van der Waals surface area contributed by atoms with Crippen LogP contribution in [0.3, 0.4) is 0 Å². The number of hydrogen-bond donors (Lipinski definition) is 2. The van der Waals surface area contributed by atoms with Gasteiger partial charge in [0.2, 0.25) is 5.91 Å². The van der Waals surface area contributed by atoms with Gasteiger partial charge in [-0.15, -0.1) is 0 Å². The Balaban J connectivity index is 2.04. The van der Waals surface area contributed by atoms with E-state index in [1.807, 2.05) is 4.90 Å². The van der Waals surface area contributed by atoms with Crippen LogP contribution in [0.2, 0.25) is 0 Å². The number of aliphatic hydroxyl groups excluding tert-OH is 1. The molecule has 0 bridgehead atoms. The van der Waals surface area contributed by atoms with Crippen LogP contribution in [0.25, 0.3) is 0 Å². The van der Waals surface area contributed by atoms with Crippen molar-refractivity contribution >= 4 is 5.91 Å². The largest absolute Gasteiger partial charge is 0.396 e. The Kier molecular flexibility index (Phi) is 4.90. The molecule has 1 atom stereocenters. The Morgan fingerprint density at radius 3 is 2.64 bits per heavy atom. The van der Waals surface area contributed by atoms with Gasteiger partial charge in [-0.25, -0.2) is 0 Å². The molecule has 0 aromatic carbocycles. The molecule has 4 nitrogen and oxygen atoms in total. The molecule has 1 aliphatic rings. The minimum atomic E-state index is -0.257. The molecule has 14 heavy (non-hydrogen) atoms. The highest BCUT2D eigenvalue weighted by Crippen LogP contribution is 2.10. The molecule has 0 aliphatic carbocycles. The number of hydrogen-bond acceptors (Lipinski definition) is 3. The first-order valence-corrected chi connectivity index (χ1v) is 5.41. The number of amides is 1. The molecule has 1 rings (SSSR count). The minimum absolute atomic E-state index is 0.104. The monoisotopic (exact) mass is 200 g/mol. The number of aliphatic hydroxyl groups is 1. The lowest BCUT2D eigenvalue weighted by Gasteiger charge is -2.15. The Bertz CT molecular complexity index is 185. The molecule has 1 unspecified atom stereocenters. The van der Waals surface area contributed by atoms with Crippen LogP contribution < -0.4 is 5.73 Å². The normalized spacial score (nSPS) is 22.0. The summed E-state index contributed by atoms with van der Waals surface area (Å²) in [6.45, 7) is 1.92. The van der Waals surface area contributed by atoms with E-state index in [-0.39, 0.29) is 18.6 Å². The van der Waals surface area contributed by atoms with E-state index in [0.29, 0.717) is 0 Å². The van der Waals surface area contributed by atoms with Gasteiger partial charge in [0.25, 0.3) is 0 Å². The van der Waals surface area contributed by atoms with E-state index < -0.39 is 0 Å². The zero-order valence-electron chi connectivity index (χ0n) is 8.61. The van der Waals surface area contributed by atoms with Crippen molar-refractivity contribution in [1.82, 2.24) is 4.90 Å². The molecule has 1 fully saturated rings. The molecule has 0 saturated carbocycles. The van der Waals surface area contributed by atoms with Gasteiger partial charge in [-0.05, 0) is 19.3 Å². The Morgan fingerprint density at radius 1 is 1.36 bits per heavy atom. The molecular weight excluding hydrogens is 180 g/mol. The molecular formula is C10H20N2O2. The maximum Gasteiger partial charge on any atom is 0.239 e. The maximum absolute atomic E-state index is 11.4. The number of nitrogens with zero attached hydrogens (tertiary/aromatic N) is 1. The van der Waals surface area contributed by atoms with Crippen molar-refractivity contribution in [2.45, 2.75) is 38.1 Å². The minimum Gasteiger partial charge on any atom is -0.396 e. The molecule has 1 heterocycles. The molecule has 1 amide bonds. The Labute approximate surface area is 85.1 Å². The number of unbranched alkanes of at least 4 members (excludes halogenated alkanes) is 3. The summed E-state index contributed by atoms with van der Waals surface area (Å²) >= 11 is 0. The van der Waals surface area contributed by atoms with Crippen LogP contribution in [0.15, 0.2) is 0 Å². The molecule has 82 valence electrons. The fourth-order valence-corrected chi connectivity index (χ4v) is 1.75. The summed E-state index contributed by atoms with van der Waals surface area (Å²) in [7, 11) is 0. The Hall–Kier alpha value is -0.610. The van der Waals surface area contributed by atoms with E-state index in [9.17, 15) is 4.79 Å². The molecule has 4 heteroatoms. The highest BCUT2D eigenvalue weighted by atomic mass is 16.2. The highest BCUT2D eigenvalue weighted by molar-refractivity contribution is 5.83. The lowest BCUT2D eigenvalue weighted by Crippen LogP contribution is -2.34. The second-order valence-corrected chi connectivity index (χ2v) is 3.86. The predicted molar refractivity (Wildman–Crippen MR) is 54.7 cm³/mol. The van der Waals surface area contributed by atoms with Crippen LogP contribution >= 0.6 is 0 Å². The maximum atomic E-state index is 11.4. The second kappa shape index (κ2) is 5.98. The van der Waals surface area contributed by atoms with Crippen molar-refractivity contribution in [3.63, 3.8) is 0 Å². The molecule has 0 aromatic heterocycles. The van der Waals surface area contributed by atoms with Crippen LogP contribution in [0, 0.1) is 0 Å². The fourth-order valence-electron chi connectivity index (χ4n) is 1.75. The smallest absolute Gasteiger partial charge is 0.239 e. The van der Waals surface area contributed by atoms with Gasteiger partial charge in [0, 0.05) is 19.7 Å². The summed E-state index contributed by atoms with van der Waals surface area (Å²) in [6.07, 6.45) is 4.82. The van der Waals surface area contributed by atoms with Gasteiger partial charge in [0.05, 0.1) is 6.04 Å². The lowest BCUT2D eigenvalue weighted by atomic mass is 10.2. The van der Waals surface area contributed by atoms with Gasteiger partial charge in [-0.2, -0.15) is 0 Å². The zero-order chi connectivity index (χ0) is 10.4. The third-order valence-corrected chi connectivity index (χ3v) is 2.68. The quantitative estimate of drug-likeness (QED) is 0.598. The van der Waals surface area contributed by atoms with Gasteiger partial charge in [-0.3, -0.25) is 4.79 Å². The van der Waals surface area contributed by atoms with Gasteiger partial charge < -0.3 is 15.7 Å². The highest BCUT2D eigenvalue weighted by Gasteiger charge is 2.27. The lowest BCUT2D eigenvalue weighted by molar-refractivity contribution is -0.128. The summed E-state index contributed by atoms with van der Waals surface area (Å²) in [5.74, 6) is 0.104. The van der Waals surface area contributed by atoms with E-state index in [4.69, 9.17) is 10.8 Å². The first kappa shape index (κ1) is 11.5. The number of likely N-dealkylation sites (tertiary alicyclic amines) is 1. The van der Waals surface area contributed by atoms with Crippen molar-refractivity contribution in [3.8, 4) is 0 Å². The number of nitrogens with two attached hydrogens (primary N) is 1. The first-order chi connectivity index (χ1) is 6.75. The fraction of sp³-hybridized carbons (Fsp3) is 0.900. The predicted octanol–water partition coefficient (Wildman–Crippen LogP) is 0.0987. The van der Waals surface area contributed by atoms with Crippen molar-refractivity contribution in [2.75, 3.05) is 19.7 Å². The molecule has 1 aliphatic heterocycles. The summed E-state index contributed by atoms with van der Waals surface area (Å²) in [5, 5.41) is 8.57. The van der Waals surface area contributed by atoms with Crippen molar-refractivity contribution < 1.29 is 9.90 Å². The van der Waals surface area contributed by atoms with Gasteiger partial charge >= 0.3 is 0 Å². The molecule has 0 radical (unpaired) electrons. The van der Waals surface area contributed by atoms with Crippen molar-refractivity contribution in [2.24, 2.45) is 5.73 Å². The van der Waals surface area contributed by atoms with Crippen molar-refractivity contribution in [3.05, 3.63) is 0 Å². The van der Waals surface area contributed by atoms with Gasteiger partial charge in [0.15, 0.2) is 0 Å². The number of carbonyl (C=O) groups is 1. The molecule has 3 N–H and O–H groups in total. The van der Waals surface area contributed by atoms with E-state index in [1.54, 1.807) is 0 Å². The topological polar surface area (TPSA) is 66.6 Å². The average molecular weight is 200 g/mol. The van der Waals surface area contributed by atoms with E-state index >= 15 is 0 Å². The SMILES string of the molecule is NC1CCN(CCCCCCO)C1=O. The van der Waals surface area contributed by atoms with Gasteiger partial charge in [0.1, 0.15) is 0 Å².